The number of aromatic nitrogens is 2. The first-order valence-electron chi connectivity index (χ1n) is 8.65. The molecule has 0 unspecified atom stereocenters. The maximum atomic E-state index is 13.5. The fourth-order valence-electron chi connectivity index (χ4n) is 2.89. The van der Waals surface area contributed by atoms with Crippen LogP contribution in [0, 0.1) is 19.7 Å². The number of halogens is 2. The fraction of sp³-hybridized carbons (Fsp3) is 0.350. The average Bonchev–Trinajstić information content (AvgIpc) is 2.88. The lowest BCUT2D eigenvalue weighted by molar-refractivity contribution is 0.424. The summed E-state index contributed by atoms with van der Waals surface area (Å²) < 4.78 is 15.6. The van der Waals surface area contributed by atoms with Gasteiger partial charge in [-0.1, -0.05) is 17.7 Å². The molecule has 0 amide bonds. The van der Waals surface area contributed by atoms with E-state index in [0.717, 1.165) is 35.6 Å². The van der Waals surface area contributed by atoms with Crippen LogP contribution >= 0.6 is 11.6 Å². The fourth-order valence-corrected chi connectivity index (χ4v) is 3.09. The smallest absolute Gasteiger partial charge is 0.204 e. The van der Waals surface area contributed by atoms with Crippen molar-refractivity contribution in [2.24, 2.45) is 0 Å². The van der Waals surface area contributed by atoms with Crippen molar-refractivity contribution in [3.8, 4) is 0 Å². The van der Waals surface area contributed by atoms with Crippen molar-refractivity contribution < 1.29 is 4.39 Å². The third-order valence-corrected chi connectivity index (χ3v) is 4.82. The molecule has 0 saturated heterocycles. The molecule has 0 aliphatic rings. The first-order valence-corrected chi connectivity index (χ1v) is 9.03. The molecule has 3 rings (SSSR count). The highest BCUT2D eigenvalue weighted by atomic mass is 35.5. The summed E-state index contributed by atoms with van der Waals surface area (Å²) in [6.07, 6.45) is 0. The van der Waals surface area contributed by atoms with Gasteiger partial charge < -0.3 is 14.8 Å². The maximum absolute atomic E-state index is 13.5. The van der Waals surface area contributed by atoms with E-state index in [4.69, 9.17) is 16.6 Å². The van der Waals surface area contributed by atoms with Gasteiger partial charge in [-0.05, 0) is 68.9 Å². The van der Waals surface area contributed by atoms with Gasteiger partial charge in [0.1, 0.15) is 5.82 Å². The van der Waals surface area contributed by atoms with Gasteiger partial charge in [-0.3, -0.25) is 0 Å². The summed E-state index contributed by atoms with van der Waals surface area (Å²) in [6, 6.07) is 9.10. The first-order chi connectivity index (χ1) is 12.3. The topological polar surface area (TPSA) is 33.1 Å². The van der Waals surface area contributed by atoms with Crippen molar-refractivity contribution in [3.05, 3.63) is 57.9 Å². The van der Waals surface area contributed by atoms with E-state index < -0.39 is 5.82 Å². The number of likely N-dealkylation sites (N-methyl/N-ethyl adjacent to an activating group) is 1. The molecule has 0 fully saturated rings. The molecule has 1 heterocycles. The van der Waals surface area contributed by atoms with Crippen molar-refractivity contribution in [1.82, 2.24) is 14.5 Å². The number of anilines is 1. The third kappa shape index (κ3) is 4.00. The molecule has 3 aromatic rings. The molecule has 1 aromatic heterocycles. The van der Waals surface area contributed by atoms with Gasteiger partial charge in [-0.15, -0.1) is 0 Å². The number of rotatable bonds is 6. The number of nitrogens with one attached hydrogen (secondary N) is 1. The van der Waals surface area contributed by atoms with Gasteiger partial charge in [0.25, 0.3) is 0 Å². The van der Waals surface area contributed by atoms with E-state index in [1.807, 2.05) is 14.1 Å². The summed E-state index contributed by atoms with van der Waals surface area (Å²) in [7, 11) is 4.08. The number of nitrogens with zero attached hydrogens (tertiary/aromatic N) is 3. The second-order valence-electron chi connectivity index (χ2n) is 6.93. The third-order valence-electron chi connectivity index (χ3n) is 4.53. The zero-order valence-corrected chi connectivity index (χ0v) is 16.4. The predicted molar refractivity (Wildman–Crippen MR) is 107 cm³/mol. The van der Waals surface area contributed by atoms with E-state index in [9.17, 15) is 4.39 Å². The summed E-state index contributed by atoms with van der Waals surface area (Å²) >= 11 is 5.96. The van der Waals surface area contributed by atoms with Gasteiger partial charge in [-0.25, -0.2) is 9.37 Å². The van der Waals surface area contributed by atoms with Crippen LogP contribution in [0.1, 0.15) is 16.7 Å². The van der Waals surface area contributed by atoms with Gasteiger partial charge in [-0.2, -0.15) is 0 Å². The second kappa shape index (κ2) is 7.64. The molecule has 0 atom stereocenters. The molecule has 0 aliphatic heterocycles. The zero-order chi connectivity index (χ0) is 18.8. The molecule has 138 valence electrons. The van der Waals surface area contributed by atoms with Gasteiger partial charge in [0.05, 0.1) is 22.6 Å². The molecule has 0 radical (unpaired) electrons. The highest BCUT2D eigenvalue weighted by Gasteiger charge is 2.13. The minimum absolute atomic E-state index is 0.140. The molecule has 4 nitrogen and oxygen atoms in total. The molecule has 0 bridgehead atoms. The van der Waals surface area contributed by atoms with E-state index >= 15 is 0 Å². The summed E-state index contributed by atoms with van der Waals surface area (Å²) in [4.78, 5) is 6.89. The molecule has 0 aliphatic carbocycles. The molecule has 0 spiro atoms. The molecule has 2 aromatic carbocycles. The van der Waals surface area contributed by atoms with Gasteiger partial charge in [0, 0.05) is 13.1 Å². The lowest BCUT2D eigenvalue weighted by Gasteiger charge is -2.14. The number of hydrogen-bond acceptors (Lipinski definition) is 3. The van der Waals surface area contributed by atoms with Crippen LogP contribution in [0.25, 0.3) is 11.0 Å². The van der Waals surface area contributed by atoms with Crippen molar-refractivity contribution in [2.45, 2.75) is 20.4 Å². The van der Waals surface area contributed by atoms with Crippen molar-refractivity contribution in [1.29, 1.82) is 0 Å². The van der Waals surface area contributed by atoms with E-state index in [1.54, 1.807) is 12.1 Å². The molecular formula is C20H24ClFN4. The van der Waals surface area contributed by atoms with Gasteiger partial charge >= 0.3 is 0 Å². The van der Waals surface area contributed by atoms with E-state index in [2.05, 4.69) is 40.8 Å². The van der Waals surface area contributed by atoms with Crippen molar-refractivity contribution in [3.63, 3.8) is 0 Å². The van der Waals surface area contributed by atoms with Crippen LogP contribution in [-0.4, -0.2) is 41.6 Å². The Bertz CT molecular complexity index is 933. The quantitative estimate of drug-likeness (QED) is 0.691. The van der Waals surface area contributed by atoms with Crippen molar-refractivity contribution >= 4 is 28.6 Å². The molecule has 26 heavy (non-hydrogen) atoms. The number of imidazole rings is 1. The Balaban J connectivity index is 2.01. The highest BCUT2D eigenvalue weighted by molar-refractivity contribution is 6.30. The van der Waals surface area contributed by atoms with Crippen LogP contribution in [0.5, 0.6) is 0 Å². The molecule has 6 heteroatoms. The van der Waals surface area contributed by atoms with Crippen molar-refractivity contribution in [2.75, 3.05) is 32.5 Å². The Morgan fingerprint density at radius 2 is 1.88 bits per heavy atom. The van der Waals surface area contributed by atoms with Crippen LogP contribution < -0.4 is 5.32 Å². The molecular weight excluding hydrogens is 351 g/mol. The summed E-state index contributed by atoms with van der Waals surface area (Å²) in [5, 5.41) is 3.56. The Morgan fingerprint density at radius 1 is 1.15 bits per heavy atom. The zero-order valence-electron chi connectivity index (χ0n) is 15.6. The van der Waals surface area contributed by atoms with Crippen LogP contribution in [-0.2, 0) is 6.54 Å². The Kier molecular flexibility index (Phi) is 5.49. The number of hydrogen-bond donors (Lipinski definition) is 1. The predicted octanol–water partition coefficient (Wildman–Crippen LogP) is 4.47. The van der Waals surface area contributed by atoms with Crippen LogP contribution in [0.3, 0.4) is 0 Å². The Morgan fingerprint density at radius 3 is 2.58 bits per heavy atom. The summed E-state index contributed by atoms with van der Waals surface area (Å²) in [5.74, 6) is 0.411. The van der Waals surface area contributed by atoms with Gasteiger partial charge in [0.15, 0.2) is 0 Å². The number of fused-ring (bicyclic) bond motifs is 1. The minimum Gasteiger partial charge on any atom is -0.354 e. The first kappa shape index (κ1) is 18.7. The van der Waals surface area contributed by atoms with E-state index in [-0.39, 0.29) is 5.02 Å². The van der Waals surface area contributed by atoms with Gasteiger partial charge in [0.2, 0.25) is 5.95 Å². The van der Waals surface area contributed by atoms with Crippen LogP contribution in [0.4, 0.5) is 10.3 Å². The average molecular weight is 375 g/mol. The Hall–Kier alpha value is -2.11. The number of aryl methyl sites for hydroxylation is 2. The number of benzene rings is 2. The normalized spacial score (nSPS) is 11.5. The summed E-state index contributed by atoms with van der Waals surface area (Å²) in [5.41, 5.74) is 5.38. The lowest BCUT2D eigenvalue weighted by Crippen LogP contribution is -2.22. The van der Waals surface area contributed by atoms with Crippen LogP contribution in [0.15, 0.2) is 30.3 Å². The SMILES string of the molecule is Cc1cc2nc(NCCN(C)C)n(Cc3ccc(F)c(Cl)c3)c2cc1C. The van der Waals surface area contributed by atoms with Crippen LogP contribution in [0.2, 0.25) is 5.02 Å². The molecule has 0 saturated carbocycles. The maximum Gasteiger partial charge on any atom is 0.204 e. The lowest BCUT2D eigenvalue weighted by atomic mass is 10.1. The largest absolute Gasteiger partial charge is 0.354 e. The molecule has 1 N–H and O–H groups in total. The van der Waals surface area contributed by atoms with E-state index in [1.165, 1.54) is 17.2 Å². The minimum atomic E-state index is -0.401. The Labute approximate surface area is 158 Å². The second-order valence-corrected chi connectivity index (χ2v) is 7.33. The highest BCUT2D eigenvalue weighted by Crippen LogP contribution is 2.25. The monoisotopic (exact) mass is 374 g/mol. The standard InChI is InChI=1S/C20H24ClFN4/c1-13-9-18-19(10-14(13)2)26(20(24-18)23-7-8-25(3)4)12-15-5-6-17(22)16(21)11-15/h5-6,9-11H,7-8,12H2,1-4H3,(H,23,24). The van der Waals surface area contributed by atoms with E-state index in [0.29, 0.717) is 6.54 Å². The summed E-state index contributed by atoms with van der Waals surface area (Å²) in [6.45, 7) is 6.46.